The van der Waals surface area contributed by atoms with Crippen LogP contribution >= 0.6 is 11.6 Å². The zero-order valence-corrected chi connectivity index (χ0v) is 11.6. The molecule has 0 amide bonds. The van der Waals surface area contributed by atoms with Gasteiger partial charge in [-0.05, 0) is 31.0 Å². The second-order valence-electron chi connectivity index (χ2n) is 4.36. The largest absolute Gasteiger partial charge is 0.478 e. The van der Waals surface area contributed by atoms with Crippen molar-refractivity contribution >= 4 is 27.4 Å². The molecule has 1 aromatic carbocycles. The monoisotopic (exact) mass is 304 g/mol. The molecule has 0 saturated carbocycles. The molecule has 19 heavy (non-hydrogen) atoms. The highest BCUT2D eigenvalue weighted by Gasteiger charge is 2.25. The normalized spacial score (nSPS) is 19.5. The van der Waals surface area contributed by atoms with E-state index >= 15 is 0 Å². The summed E-state index contributed by atoms with van der Waals surface area (Å²) >= 11 is 5.77. The molecule has 1 saturated heterocycles. The predicted molar refractivity (Wildman–Crippen MR) is 69.4 cm³/mol. The first-order valence-electron chi connectivity index (χ1n) is 5.77. The van der Waals surface area contributed by atoms with Crippen LogP contribution in [0.3, 0.4) is 0 Å². The number of sulfone groups is 1. The lowest BCUT2D eigenvalue weighted by Crippen LogP contribution is -2.20. The predicted octanol–water partition coefficient (Wildman–Crippen LogP) is 1.99. The van der Waals surface area contributed by atoms with Crippen molar-refractivity contribution in [3.05, 3.63) is 28.8 Å². The van der Waals surface area contributed by atoms with E-state index in [1.54, 1.807) is 0 Å². The molecular weight excluding hydrogens is 292 g/mol. The van der Waals surface area contributed by atoms with Crippen LogP contribution in [0.5, 0.6) is 0 Å². The lowest BCUT2D eigenvalue weighted by atomic mass is 10.2. The van der Waals surface area contributed by atoms with Crippen LogP contribution in [0.2, 0.25) is 5.02 Å². The number of halogens is 1. The standard InChI is InChI=1S/C12H13ClO5S/c13-11-6-9(3-4-10(11)12(14)15)19(16,17)7-8-2-1-5-18-8/h3-4,6,8H,1-2,5,7H2,(H,14,15). The highest BCUT2D eigenvalue weighted by atomic mass is 35.5. The quantitative estimate of drug-likeness (QED) is 0.920. The first-order valence-corrected chi connectivity index (χ1v) is 7.80. The molecule has 1 heterocycles. The van der Waals surface area contributed by atoms with Crippen LogP contribution in [0.4, 0.5) is 0 Å². The van der Waals surface area contributed by atoms with Gasteiger partial charge in [0, 0.05) is 6.61 Å². The smallest absolute Gasteiger partial charge is 0.337 e. The molecule has 5 nitrogen and oxygen atoms in total. The summed E-state index contributed by atoms with van der Waals surface area (Å²) in [4.78, 5) is 10.8. The van der Waals surface area contributed by atoms with Crippen LogP contribution in [0.15, 0.2) is 23.1 Å². The van der Waals surface area contributed by atoms with Crippen molar-refractivity contribution in [2.45, 2.75) is 23.8 Å². The number of aromatic carboxylic acids is 1. The average Bonchev–Trinajstić information content (AvgIpc) is 2.80. The van der Waals surface area contributed by atoms with Gasteiger partial charge in [0.2, 0.25) is 0 Å². The molecular formula is C12H13ClO5S. The van der Waals surface area contributed by atoms with Gasteiger partial charge in [0.25, 0.3) is 0 Å². The number of carbonyl (C=O) groups is 1. The van der Waals surface area contributed by atoms with Crippen molar-refractivity contribution in [3.63, 3.8) is 0 Å². The van der Waals surface area contributed by atoms with Gasteiger partial charge < -0.3 is 9.84 Å². The molecule has 0 spiro atoms. The highest BCUT2D eigenvalue weighted by Crippen LogP contribution is 2.24. The van der Waals surface area contributed by atoms with Crippen molar-refractivity contribution in [2.75, 3.05) is 12.4 Å². The third kappa shape index (κ3) is 3.26. The van der Waals surface area contributed by atoms with Crippen LogP contribution in [0.25, 0.3) is 0 Å². The maximum Gasteiger partial charge on any atom is 0.337 e. The summed E-state index contributed by atoms with van der Waals surface area (Å²) in [5, 5.41) is 8.75. The molecule has 1 aromatic rings. The van der Waals surface area contributed by atoms with E-state index in [-0.39, 0.29) is 27.3 Å². The van der Waals surface area contributed by atoms with E-state index in [0.29, 0.717) is 6.61 Å². The van der Waals surface area contributed by atoms with Gasteiger partial charge in [-0.3, -0.25) is 0 Å². The molecule has 2 rings (SSSR count). The Kier molecular flexibility index (Phi) is 4.13. The lowest BCUT2D eigenvalue weighted by molar-refractivity contribution is 0.0697. The SMILES string of the molecule is O=C(O)c1ccc(S(=O)(=O)CC2CCCO2)cc1Cl. The molecule has 1 fully saturated rings. The van der Waals surface area contributed by atoms with Crippen LogP contribution in [-0.4, -0.2) is 38.0 Å². The fourth-order valence-electron chi connectivity index (χ4n) is 1.98. The molecule has 0 bridgehead atoms. The number of carboxylic acids is 1. The molecule has 104 valence electrons. The van der Waals surface area contributed by atoms with Gasteiger partial charge in [0.15, 0.2) is 9.84 Å². The minimum absolute atomic E-state index is 0.0259. The van der Waals surface area contributed by atoms with Crippen molar-refractivity contribution in [1.29, 1.82) is 0 Å². The third-order valence-electron chi connectivity index (χ3n) is 2.96. The van der Waals surface area contributed by atoms with Crippen molar-refractivity contribution in [3.8, 4) is 0 Å². The topological polar surface area (TPSA) is 80.7 Å². The summed E-state index contributed by atoms with van der Waals surface area (Å²) in [7, 11) is -3.51. The van der Waals surface area contributed by atoms with Gasteiger partial charge >= 0.3 is 5.97 Å². The van der Waals surface area contributed by atoms with Gasteiger partial charge in [-0.2, -0.15) is 0 Å². The summed E-state index contributed by atoms with van der Waals surface area (Å²) in [5.74, 6) is -1.29. The Balaban J connectivity index is 2.25. The Morgan fingerprint density at radius 2 is 2.21 bits per heavy atom. The fourth-order valence-corrected chi connectivity index (χ4v) is 3.82. The van der Waals surface area contributed by atoms with Crippen LogP contribution in [0.1, 0.15) is 23.2 Å². The number of hydrogen-bond acceptors (Lipinski definition) is 4. The highest BCUT2D eigenvalue weighted by molar-refractivity contribution is 7.91. The van der Waals surface area contributed by atoms with Gasteiger partial charge in [0.05, 0.1) is 27.3 Å². The molecule has 0 aromatic heterocycles. The summed E-state index contributed by atoms with van der Waals surface area (Å²) in [5.41, 5.74) is -0.113. The summed E-state index contributed by atoms with van der Waals surface area (Å²) in [6, 6.07) is 3.64. The van der Waals surface area contributed by atoms with E-state index in [4.69, 9.17) is 21.4 Å². The summed E-state index contributed by atoms with van der Waals surface area (Å²) < 4.78 is 29.6. The molecule has 1 N–H and O–H groups in total. The van der Waals surface area contributed by atoms with Crippen LogP contribution in [-0.2, 0) is 14.6 Å². The van der Waals surface area contributed by atoms with E-state index in [2.05, 4.69) is 0 Å². The summed E-state index contributed by atoms with van der Waals surface area (Å²) in [6.07, 6.45) is 1.29. The van der Waals surface area contributed by atoms with Crippen molar-refractivity contribution < 1.29 is 23.1 Å². The van der Waals surface area contributed by atoms with Gasteiger partial charge in [-0.25, -0.2) is 13.2 Å². The lowest BCUT2D eigenvalue weighted by Gasteiger charge is -2.11. The first-order chi connectivity index (χ1) is 8.90. The molecule has 1 unspecified atom stereocenters. The third-order valence-corrected chi connectivity index (χ3v) is 5.05. The van der Waals surface area contributed by atoms with E-state index in [1.165, 1.54) is 18.2 Å². The minimum Gasteiger partial charge on any atom is -0.478 e. The second kappa shape index (κ2) is 5.48. The first kappa shape index (κ1) is 14.3. The van der Waals surface area contributed by atoms with E-state index in [9.17, 15) is 13.2 Å². The number of benzene rings is 1. The van der Waals surface area contributed by atoms with Crippen molar-refractivity contribution in [2.24, 2.45) is 0 Å². The average molecular weight is 305 g/mol. The van der Waals surface area contributed by atoms with Gasteiger partial charge in [-0.1, -0.05) is 11.6 Å². The molecule has 7 heteroatoms. The summed E-state index contributed by atoms with van der Waals surface area (Å²) in [6.45, 7) is 0.582. The zero-order valence-electron chi connectivity index (χ0n) is 10.0. The van der Waals surface area contributed by atoms with E-state index in [0.717, 1.165) is 12.8 Å². The van der Waals surface area contributed by atoms with E-state index < -0.39 is 15.8 Å². The Morgan fingerprint density at radius 1 is 1.47 bits per heavy atom. The van der Waals surface area contributed by atoms with Crippen LogP contribution < -0.4 is 0 Å². The maximum absolute atomic E-state index is 12.1. The molecule has 1 atom stereocenters. The Labute approximate surface area is 116 Å². The number of rotatable bonds is 4. The molecule has 1 aliphatic rings. The van der Waals surface area contributed by atoms with Crippen LogP contribution in [0, 0.1) is 0 Å². The Hall–Kier alpha value is -1.11. The second-order valence-corrected chi connectivity index (χ2v) is 6.80. The number of ether oxygens (including phenoxy) is 1. The molecule has 0 radical (unpaired) electrons. The number of carboxylic acid groups (broad SMARTS) is 1. The molecule has 0 aliphatic carbocycles. The van der Waals surface area contributed by atoms with Gasteiger partial charge in [0.1, 0.15) is 0 Å². The zero-order chi connectivity index (χ0) is 14.0. The van der Waals surface area contributed by atoms with E-state index in [1.807, 2.05) is 0 Å². The Bertz CT molecular complexity index is 590. The minimum atomic E-state index is -3.51. The van der Waals surface area contributed by atoms with Gasteiger partial charge in [-0.15, -0.1) is 0 Å². The Morgan fingerprint density at radius 3 is 2.74 bits per heavy atom. The van der Waals surface area contributed by atoms with Crippen molar-refractivity contribution in [1.82, 2.24) is 0 Å². The maximum atomic E-state index is 12.1. The number of hydrogen-bond donors (Lipinski definition) is 1. The fraction of sp³-hybridized carbons (Fsp3) is 0.417. The molecule has 1 aliphatic heterocycles.